The molecule has 25 heavy (non-hydrogen) atoms. The van der Waals surface area contributed by atoms with Gasteiger partial charge in [0.05, 0.1) is 16.8 Å². The smallest absolute Gasteiger partial charge is 0.182 e. The highest BCUT2D eigenvalue weighted by molar-refractivity contribution is 7.90. The molecule has 1 fully saturated rings. The third-order valence-corrected chi connectivity index (χ3v) is 6.18. The molecule has 5 nitrogen and oxygen atoms in total. The van der Waals surface area contributed by atoms with Gasteiger partial charge in [0.15, 0.2) is 9.84 Å². The van der Waals surface area contributed by atoms with Crippen LogP contribution in [0.1, 0.15) is 17.5 Å². The molecule has 0 radical (unpaired) electrons. The van der Waals surface area contributed by atoms with Crippen LogP contribution < -0.4 is 5.73 Å². The molecule has 0 spiro atoms. The minimum Gasteiger partial charge on any atom is -0.392 e. The van der Waals surface area contributed by atoms with Gasteiger partial charge in [0.1, 0.15) is 0 Å². The maximum Gasteiger partial charge on any atom is 0.182 e. The highest BCUT2D eigenvalue weighted by Crippen LogP contribution is 2.21. The molecule has 1 saturated heterocycles. The molecule has 0 bridgehead atoms. The highest BCUT2D eigenvalue weighted by Gasteiger charge is 2.24. The van der Waals surface area contributed by atoms with Crippen LogP contribution in [0, 0.1) is 0 Å². The van der Waals surface area contributed by atoms with Crippen molar-refractivity contribution in [2.45, 2.75) is 35.8 Å². The van der Waals surface area contributed by atoms with Crippen molar-refractivity contribution in [2.75, 3.05) is 13.1 Å². The first kappa shape index (κ1) is 18.1. The van der Waals surface area contributed by atoms with Gasteiger partial charge in [-0.3, -0.25) is 4.90 Å². The predicted octanol–water partition coefficient (Wildman–Crippen LogP) is 1.55. The van der Waals surface area contributed by atoms with E-state index in [1.54, 1.807) is 30.3 Å². The summed E-state index contributed by atoms with van der Waals surface area (Å²) in [5.41, 5.74) is 7.74. The van der Waals surface area contributed by atoms with E-state index < -0.39 is 15.9 Å². The second-order valence-electron chi connectivity index (χ2n) is 6.68. The second kappa shape index (κ2) is 7.66. The Balaban J connectivity index is 1.79. The number of likely N-dealkylation sites (tertiary alicyclic amines) is 1. The van der Waals surface area contributed by atoms with Crippen LogP contribution in [0.4, 0.5) is 0 Å². The van der Waals surface area contributed by atoms with Gasteiger partial charge in [-0.25, -0.2) is 8.42 Å². The molecule has 1 aliphatic rings. The molecule has 0 saturated carbocycles. The number of benzene rings is 2. The molecule has 1 heterocycles. The number of aliphatic hydroxyl groups excluding tert-OH is 1. The first-order valence-corrected chi connectivity index (χ1v) is 10.1. The maximum absolute atomic E-state index is 12.7. The van der Waals surface area contributed by atoms with Gasteiger partial charge >= 0.3 is 0 Å². The molecule has 2 aromatic carbocycles. The normalized spacial score (nSPS) is 22.0. The van der Waals surface area contributed by atoms with Crippen LogP contribution in [0.2, 0.25) is 0 Å². The Morgan fingerprint density at radius 3 is 2.32 bits per heavy atom. The Labute approximate surface area is 149 Å². The van der Waals surface area contributed by atoms with Gasteiger partial charge in [-0.15, -0.1) is 0 Å². The molecule has 134 valence electrons. The molecule has 0 aromatic heterocycles. The number of hydrogen-bond acceptors (Lipinski definition) is 5. The van der Waals surface area contributed by atoms with Gasteiger partial charge in [-0.2, -0.15) is 0 Å². The van der Waals surface area contributed by atoms with E-state index in [0.29, 0.717) is 31.0 Å². The van der Waals surface area contributed by atoms with Crippen LogP contribution in [0.5, 0.6) is 0 Å². The minimum atomic E-state index is -3.39. The van der Waals surface area contributed by atoms with Crippen LogP contribution in [0.15, 0.2) is 59.5 Å². The first-order valence-electron chi connectivity index (χ1n) is 8.44. The third kappa shape index (κ3) is 4.67. The number of sulfone groups is 1. The highest BCUT2D eigenvalue weighted by atomic mass is 32.2. The molecular weight excluding hydrogens is 336 g/mol. The molecule has 6 heteroatoms. The zero-order valence-corrected chi connectivity index (χ0v) is 14.9. The van der Waals surface area contributed by atoms with Gasteiger partial charge in [0.25, 0.3) is 0 Å². The molecule has 3 rings (SSSR count). The zero-order valence-electron chi connectivity index (χ0n) is 14.1. The summed E-state index contributed by atoms with van der Waals surface area (Å²) in [7, 11) is -3.39. The van der Waals surface area contributed by atoms with E-state index in [4.69, 9.17) is 5.73 Å². The molecule has 0 unspecified atom stereocenters. The van der Waals surface area contributed by atoms with Gasteiger partial charge in [-0.05, 0) is 29.7 Å². The Morgan fingerprint density at radius 1 is 1.00 bits per heavy atom. The molecule has 2 atom stereocenters. The lowest BCUT2D eigenvalue weighted by molar-refractivity contribution is 0.0563. The van der Waals surface area contributed by atoms with Crippen molar-refractivity contribution in [3.8, 4) is 0 Å². The lowest BCUT2D eigenvalue weighted by Gasteiger charge is -2.34. The van der Waals surface area contributed by atoms with Crippen molar-refractivity contribution < 1.29 is 13.5 Å². The number of rotatable bonds is 5. The number of nitrogens with zero attached hydrogens (tertiary/aromatic N) is 1. The van der Waals surface area contributed by atoms with E-state index in [0.717, 1.165) is 11.1 Å². The third-order valence-electron chi connectivity index (χ3n) is 4.50. The van der Waals surface area contributed by atoms with Gasteiger partial charge in [0, 0.05) is 25.7 Å². The van der Waals surface area contributed by atoms with Crippen molar-refractivity contribution >= 4 is 9.84 Å². The zero-order chi connectivity index (χ0) is 17.9. The van der Waals surface area contributed by atoms with Crippen LogP contribution in [-0.4, -0.2) is 43.7 Å². The topological polar surface area (TPSA) is 83.6 Å². The van der Waals surface area contributed by atoms with E-state index in [-0.39, 0.29) is 11.8 Å². The molecule has 2 aromatic rings. The fraction of sp³-hybridized carbons (Fsp3) is 0.368. The molecule has 0 aliphatic carbocycles. The lowest BCUT2D eigenvalue weighted by atomic mass is 10.0. The largest absolute Gasteiger partial charge is 0.392 e. The van der Waals surface area contributed by atoms with E-state index in [9.17, 15) is 13.5 Å². The van der Waals surface area contributed by atoms with Crippen LogP contribution in [0.3, 0.4) is 0 Å². The average Bonchev–Trinajstić information content (AvgIpc) is 2.56. The Morgan fingerprint density at radius 2 is 1.64 bits per heavy atom. The summed E-state index contributed by atoms with van der Waals surface area (Å²) in [6, 6.07) is 16.0. The van der Waals surface area contributed by atoms with E-state index in [1.165, 1.54) is 0 Å². The van der Waals surface area contributed by atoms with Crippen molar-refractivity contribution in [3.05, 3.63) is 65.7 Å². The summed E-state index contributed by atoms with van der Waals surface area (Å²) in [6.45, 7) is 1.86. The SMILES string of the molecule is N[C@H]1C[C@@H](O)CN(Cc2ccccc2CS(=O)(=O)c2ccccc2)C1. The van der Waals surface area contributed by atoms with Crippen LogP contribution >= 0.6 is 0 Å². The van der Waals surface area contributed by atoms with Gasteiger partial charge in [0.2, 0.25) is 0 Å². The summed E-state index contributed by atoms with van der Waals surface area (Å²) in [4.78, 5) is 2.42. The number of aliphatic hydroxyl groups is 1. The summed E-state index contributed by atoms with van der Waals surface area (Å²) in [6.07, 6.45) is 0.185. The van der Waals surface area contributed by atoms with Crippen LogP contribution in [0.25, 0.3) is 0 Å². The molecule has 0 amide bonds. The summed E-state index contributed by atoms with van der Waals surface area (Å²) >= 11 is 0. The van der Waals surface area contributed by atoms with Crippen LogP contribution in [-0.2, 0) is 22.1 Å². The monoisotopic (exact) mass is 360 g/mol. The van der Waals surface area contributed by atoms with E-state index in [1.807, 2.05) is 24.3 Å². The Bertz CT molecular complexity index is 798. The maximum atomic E-state index is 12.7. The van der Waals surface area contributed by atoms with Crippen molar-refractivity contribution in [1.29, 1.82) is 0 Å². The Hall–Kier alpha value is -1.73. The van der Waals surface area contributed by atoms with Gasteiger partial charge in [-0.1, -0.05) is 42.5 Å². The molecule has 3 N–H and O–H groups in total. The van der Waals surface area contributed by atoms with Crippen molar-refractivity contribution in [3.63, 3.8) is 0 Å². The first-order chi connectivity index (χ1) is 11.9. The number of β-amino-alcohol motifs (C(OH)–C–C–N with tert-alkyl or cyclic N) is 1. The molecule has 1 aliphatic heterocycles. The van der Waals surface area contributed by atoms with Crippen molar-refractivity contribution in [2.24, 2.45) is 5.73 Å². The fourth-order valence-electron chi connectivity index (χ4n) is 3.34. The second-order valence-corrected chi connectivity index (χ2v) is 8.67. The average molecular weight is 360 g/mol. The summed E-state index contributed by atoms with van der Waals surface area (Å²) in [5, 5.41) is 9.91. The van der Waals surface area contributed by atoms with Gasteiger partial charge < -0.3 is 10.8 Å². The van der Waals surface area contributed by atoms with E-state index >= 15 is 0 Å². The lowest BCUT2D eigenvalue weighted by Crippen LogP contribution is -2.48. The van der Waals surface area contributed by atoms with E-state index in [2.05, 4.69) is 4.90 Å². The summed E-state index contributed by atoms with van der Waals surface area (Å²) in [5.74, 6) is -0.0321. The fourth-order valence-corrected chi connectivity index (χ4v) is 4.77. The van der Waals surface area contributed by atoms with Crippen molar-refractivity contribution in [1.82, 2.24) is 4.90 Å². The standard InChI is InChI=1S/C19H24N2O3S/c20-17-10-18(22)13-21(12-17)11-15-6-4-5-7-16(15)14-25(23,24)19-8-2-1-3-9-19/h1-9,17-18,22H,10-14,20H2/t17-,18+/m0/s1. The predicted molar refractivity (Wildman–Crippen MR) is 97.7 cm³/mol. The number of nitrogens with two attached hydrogens (primary N) is 1. The number of piperidine rings is 1. The number of hydrogen-bond donors (Lipinski definition) is 2. The summed E-state index contributed by atoms with van der Waals surface area (Å²) < 4.78 is 25.4. The molecular formula is C19H24N2O3S. The quantitative estimate of drug-likeness (QED) is 0.845. The Kier molecular flexibility index (Phi) is 5.54. The minimum absolute atomic E-state index is 0.0321.